The van der Waals surface area contributed by atoms with Gasteiger partial charge in [0.05, 0.1) is 0 Å². The van der Waals surface area contributed by atoms with Gasteiger partial charge in [-0.05, 0) is 47.3 Å². The second-order valence-electron chi connectivity index (χ2n) is 4.96. The van der Waals surface area contributed by atoms with Crippen molar-refractivity contribution < 1.29 is 4.79 Å². The van der Waals surface area contributed by atoms with Gasteiger partial charge in [0.25, 0.3) is 0 Å². The molecule has 1 amide bonds. The number of rotatable bonds is 6. The van der Waals surface area contributed by atoms with Crippen molar-refractivity contribution in [1.82, 2.24) is 19.9 Å². The van der Waals surface area contributed by atoms with Crippen LogP contribution in [-0.4, -0.2) is 33.1 Å². The first kappa shape index (κ1) is 13.4. The summed E-state index contributed by atoms with van der Waals surface area (Å²) in [6.07, 6.45) is 5.44. The Morgan fingerprint density at radius 1 is 1.45 bits per heavy atom. The van der Waals surface area contributed by atoms with Gasteiger partial charge >= 0.3 is 0 Å². The van der Waals surface area contributed by atoms with Crippen LogP contribution < -0.4 is 10.6 Å². The van der Waals surface area contributed by atoms with Gasteiger partial charge in [0.1, 0.15) is 0 Å². The molecule has 0 bridgehead atoms. The summed E-state index contributed by atoms with van der Waals surface area (Å²) in [6, 6.07) is 4.26. The van der Waals surface area contributed by atoms with Gasteiger partial charge in [-0.25, -0.2) is 4.52 Å². The number of hydrogen-bond donors (Lipinski definition) is 2. The van der Waals surface area contributed by atoms with E-state index >= 15 is 0 Å². The molecule has 106 valence electrons. The molecule has 0 saturated heterocycles. The Kier molecular flexibility index (Phi) is 3.86. The second kappa shape index (κ2) is 5.78. The third kappa shape index (κ3) is 3.47. The third-order valence-corrected chi connectivity index (χ3v) is 3.57. The Morgan fingerprint density at radius 3 is 3.10 bits per heavy atom. The predicted octanol–water partition coefficient (Wildman–Crippen LogP) is 1.96. The fourth-order valence-corrected chi connectivity index (χ4v) is 2.24. The lowest BCUT2D eigenvalue weighted by Gasteiger charge is -2.03. The monoisotopic (exact) mass is 337 g/mol. The van der Waals surface area contributed by atoms with E-state index in [4.69, 9.17) is 0 Å². The highest BCUT2D eigenvalue weighted by atomic mass is 79.9. The lowest BCUT2D eigenvalue weighted by Crippen LogP contribution is -2.25. The summed E-state index contributed by atoms with van der Waals surface area (Å²) in [6.45, 7) is 0.691. The number of aromatic nitrogens is 3. The van der Waals surface area contributed by atoms with Crippen LogP contribution in [0.3, 0.4) is 0 Å². The molecule has 1 aliphatic rings. The van der Waals surface area contributed by atoms with Crippen molar-refractivity contribution in [3.63, 3.8) is 0 Å². The number of pyridine rings is 1. The first-order valence-electron chi connectivity index (χ1n) is 6.76. The molecule has 0 spiro atoms. The standard InChI is InChI=1S/C13H16BrN5O/c14-9-3-6-11-17-13(18-19(11)8-9)15-7-1-2-12(20)16-10-4-5-10/h3,6,8,10H,1-2,4-5,7H2,(H,15,18)(H,16,20). The number of carbonyl (C=O) groups is 1. The van der Waals surface area contributed by atoms with Crippen LogP contribution in [0.15, 0.2) is 22.8 Å². The molecule has 20 heavy (non-hydrogen) atoms. The van der Waals surface area contributed by atoms with Gasteiger partial charge in [-0.1, -0.05) is 0 Å². The maximum absolute atomic E-state index is 11.5. The largest absolute Gasteiger partial charge is 0.353 e. The van der Waals surface area contributed by atoms with E-state index in [1.807, 2.05) is 18.3 Å². The minimum absolute atomic E-state index is 0.140. The highest BCUT2D eigenvalue weighted by molar-refractivity contribution is 9.10. The molecule has 0 unspecified atom stereocenters. The van der Waals surface area contributed by atoms with Crippen molar-refractivity contribution in [2.75, 3.05) is 11.9 Å². The zero-order valence-corrected chi connectivity index (χ0v) is 12.6. The van der Waals surface area contributed by atoms with Crippen LogP contribution in [0.25, 0.3) is 5.65 Å². The van der Waals surface area contributed by atoms with Crippen LogP contribution >= 0.6 is 15.9 Å². The Morgan fingerprint density at radius 2 is 2.30 bits per heavy atom. The molecule has 1 saturated carbocycles. The van der Waals surface area contributed by atoms with Gasteiger partial charge in [-0.15, -0.1) is 5.10 Å². The molecular weight excluding hydrogens is 322 g/mol. The lowest BCUT2D eigenvalue weighted by molar-refractivity contribution is -0.121. The van der Waals surface area contributed by atoms with Gasteiger partial charge in [-0.2, -0.15) is 4.98 Å². The molecule has 1 aliphatic carbocycles. The second-order valence-corrected chi connectivity index (χ2v) is 5.87. The molecule has 2 aromatic heterocycles. The maximum Gasteiger partial charge on any atom is 0.243 e. The predicted molar refractivity (Wildman–Crippen MR) is 79.6 cm³/mol. The average molecular weight is 338 g/mol. The van der Waals surface area contributed by atoms with E-state index in [0.29, 0.717) is 25.0 Å². The number of hydrogen-bond acceptors (Lipinski definition) is 4. The molecule has 0 radical (unpaired) electrons. The summed E-state index contributed by atoms with van der Waals surface area (Å²) >= 11 is 3.39. The number of amides is 1. The van der Waals surface area contributed by atoms with Crippen LogP contribution in [-0.2, 0) is 4.79 Å². The molecule has 0 aromatic carbocycles. The minimum Gasteiger partial charge on any atom is -0.353 e. The highest BCUT2D eigenvalue weighted by Gasteiger charge is 2.22. The molecule has 6 nitrogen and oxygen atoms in total. The number of carbonyl (C=O) groups excluding carboxylic acids is 1. The Hall–Kier alpha value is -1.63. The summed E-state index contributed by atoms with van der Waals surface area (Å²) < 4.78 is 2.67. The molecule has 2 aromatic rings. The maximum atomic E-state index is 11.5. The number of nitrogens with zero attached hydrogens (tertiary/aromatic N) is 3. The lowest BCUT2D eigenvalue weighted by atomic mass is 10.3. The van der Waals surface area contributed by atoms with Gasteiger partial charge in [0, 0.05) is 29.7 Å². The number of anilines is 1. The van der Waals surface area contributed by atoms with Gasteiger partial charge in [-0.3, -0.25) is 4.79 Å². The first-order chi connectivity index (χ1) is 9.70. The quantitative estimate of drug-likeness (QED) is 0.790. The molecule has 7 heteroatoms. The third-order valence-electron chi connectivity index (χ3n) is 3.10. The van der Waals surface area contributed by atoms with Crippen LogP contribution in [0.4, 0.5) is 5.95 Å². The SMILES string of the molecule is O=C(CCCNc1nc2ccc(Br)cn2n1)NC1CC1. The molecule has 0 aliphatic heterocycles. The molecule has 3 rings (SSSR count). The van der Waals surface area contributed by atoms with E-state index in [0.717, 1.165) is 29.4 Å². The number of fused-ring (bicyclic) bond motifs is 1. The van der Waals surface area contributed by atoms with Crippen LogP contribution in [0.5, 0.6) is 0 Å². The Labute approximate surface area is 125 Å². The molecule has 0 atom stereocenters. The summed E-state index contributed by atoms with van der Waals surface area (Å²) in [5, 5.41) is 10.4. The highest BCUT2D eigenvalue weighted by Crippen LogP contribution is 2.18. The topological polar surface area (TPSA) is 71.3 Å². The smallest absolute Gasteiger partial charge is 0.243 e. The molecule has 2 heterocycles. The molecule has 1 fully saturated rings. The van der Waals surface area contributed by atoms with Crippen molar-refractivity contribution in [1.29, 1.82) is 0 Å². The van der Waals surface area contributed by atoms with Crippen LogP contribution in [0.1, 0.15) is 25.7 Å². The van der Waals surface area contributed by atoms with Crippen molar-refractivity contribution in [3.05, 3.63) is 22.8 Å². The van der Waals surface area contributed by atoms with Gasteiger partial charge in [0.2, 0.25) is 11.9 Å². The van der Waals surface area contributed by atoms with Gasteiger partial charge < -0.3 is 10.6 Å². The fourth-order valence-electron chi connectivity index (χ4n) is 1.91. The van der Waals surface area contributed by atoms with E-state index < -0.39 is 0 Å². The Balaban J connectivity index is 1.45. The number of halogens is 1. The van der Waals surface area contributed by atoms with E-state index in [2.05, 4.69) is 36.6 Å². The summed E-state index contributed by atoms with van der Waals surface area (Å²) in [7, 11) is 0. The van der Waals surface area contributed by atoms with Crippen molar-refractivity contribution in [2.45, 2.75) is 31.7 Å². The average Bonchev–Trinajstić information content (AvgIpc) is 3.12. The van der Waals surface area contributed by atoms with E-state index in [-0.39, 0.29) is 5.91 Å². The van der Waals surface area contributed by atoms with Gasteiger partial charge in [0.15, 0.2) is 5.65 Å². The minimum atomic E-state index is 0.140. The van der Waals surface area contributed by atoms with E-state index in [1.54, 1.807) is 4.52 Å². The van der Waals surface area contributed by atoms with Crippen LogP contribution in [0, 0.1) is 0 Å². The van der Waals surface area contributed by atoms with E-state index in [1.165, 1.54) is 0 Å². The fraction of sp³-hybridized carbons (Fsp3) is 0.462. The molecular formula is C13H16BrN5O. The Bertz CT molecular complexity index is 622. The number of nitrogens with one attached hydrogen (secondary N) is 2. The van der Waals surface area contributed by atoms with E-state index in [9.17, 15) is 4.79 Å². The normalized spacial score (nSPS) is 14.4. The summed E-state index contributed by atoms with van der Waals surface area (Å²) in [4.78, 5) is 15.9. The molecule has 2 N–H and O–H groups in total. The van der Waals surface area contributed by atoms with Crippen molar-refractivity contribution >= 4 is 33.4 Å². The zero-order valence-electron chi connectivity index (χ0n) is 11.0. The van der Waals surface area contributed by atoms with Crippen molar-refractivity contribution in [3.8, 4) is 0 Å². The zero-order chi connectivity index (χ0) is 13.9. The summed E-state index contributed by atoms with van der Waals surface area (Å²) in [5.74, 6) is 0.729. The van der Waals surface area contributed by atoms with Crippen LogP contribution in [0.2, 0.25) is 0 Å². The van der Waals surface area contributed by atoms with Crippen molar-refractivity contribution in [2.24, 2.45) is 0 Å². The summed E-state index contributed by atoms with van der Waals surface area (Å²) in [5.41, 5.74) is 0.794. The first-order valence-corrected chi connectivity index (χ1v) is 7.55.